The van der Waals surface area contributed by atoms with Crippen molar-refractivity contribution in [2.24, 2.45) is 0 Å². The topological polar surface area (TPSA) is 43.4 Å². The number of Topliss-reactive ketones (excluding diaryl/α,β-unsaturated/α-hetero) is 1. The smallest absolute Gasteiger partial charge is 0.302 e. The zero-order valence-corrected chi connectivity index (χ0v) is 13.4. The summed E-state index contributed by atoms with van der Waals surface area (Å²) in [5.41, 5.74) is 3.22. The highest BCUT2D eigenvalue weighted by atomic mass is 28.3. The molecule has 106 valence electrons. The minimum absolute atomic E-state index is 0.0815. The largest absolute Gasteiger partial charge is 0.462 e. The molecule has 0 saturated heterocycles. The molecule has 0 heterocycles. The van der Waals surface area contributed by atoms with Crippen molar-refractivity contribution in [1.82, 2.24) is 0 Å². The van der Waals surface area contributed by atoms with Gasteiger partial charge in [-0.25, -0.2) is 0 Å². The maximum absolute atomic E-state index is 11.8. The molecule has 0 saturated carbocycles. The van der Waals surface area contributed by atoms with E-state index in [0.717, 1.165) is 0 Å². The molecule has 0 rings (SSSR count). The Labute approximate surface area is 117 Å². The van der Waals surface area contributed by atoms with Gasteiger partial charge in [-0.15, -0.1) is 18.0 Å². The minimum atomic E-state index is -1.35. The van der Waals surface area contributed by atoms with Gasteiger partial charge < -0.3 is 4.74 Å². The molecule has 4 heteroatoms. The van der Waals surface area contributed by atoms with Crippen molar-refractivity contribution in [3.05, 3.63) is 12.7 Å². The second-order valence-corrected chi connectivity index (χ2v) is 10.3. The molecular weight excluding hydrogens is 256 g/mol. The van der Waals surface area contributed by atoms with E-state index in [4.69, 9.17) is 4.74 Å². The lowest BCUT2D eigenvalue weighted by Gasteiger charge is -2.13. The molecule has 19 heavy (non-hydrogen) atoms. The third kappa shape index (κ3) is 11.5. The average Bonchev–Trinajstić information content (AvgIpc) is 2.22. The molecule has 0 radical (unpaired) electrons. The van der Waals surface area contributed by atoms with Crippen LogP contribution in [0, 0.1) is 11.5 Å². The van der Waals surface area contributed by atoms with E-state index in [1.807, 2.05) is 0 Å². The van der Waals surface area contributed by atoms with Crippen molar-refractivity contribution in [2.45, 2.75) is 58.4 Å². The van der Waals surface area contributed by atoms with Crippen molar-refractivity contribution < 1.29 is 14.3 Å². The Kier molecular flexibility index (Phi) is 8.09. The number of carbonyl (C=O) groups is 2. The Morgan fingerprint density at radius 2 is 2.00 bits per heavy atom. The van der Waals surface area contributed by atoms with Crippen LogP contribution in [0.25, 0.3) is 0 Å². The van der Waals surface area contributed by atoms with Gasteiger partial charge in [0.05, 0.1) is 0 Å². The molecule has 0 N–H and O–H groups in total. The van der Waals surface area contributed by atoms with Crippen LogP contribution in [0.2, 0.25) is 19.6 Å². The highest BCUT2D eigenvalue weighted by Gasteiger charge is 2.15. The molecule has 0 aromatic rings. The van der Waals surface area contributed by atoms with Crippen LogP contribution in [-0.4, -0.2) is 25.9 Å². The minimum Gasteiger partial charge on any atom is -0.462 e. The number of hydrogen-bond acceptors (Lipinski definition) is 3. The van der Waals surface area contributed by atoms with Crippen LogP contribution in [0.3, 0.4) is 0 Å². The van der Waals surface area contributed by atoms with Gasteiger partial charge in [0.25, 0.3) is 0 Å². The van der Waals surface area contributed by atoms with Crippen LogP contribution in [0.5, 0.6) is 0 Å². The first kappa shape index (κ1) is 17.7. The number of carbonyl (C=O) groups excluding carboxylic acids is 2. The summed E-state index contributed by atoms with van der Waals surface area (Å²) >= 11 is 0. The molecule has 0 amide bonds. The summed E-state index contributed by atoms with van der Waals surface area (Å²) in [6.07, 6.45) is 3.04. The van der Waals surface area contributed by atoms with Gasteiger partial charge in [-0.2, -0.15) is 0 Å². The molecule has 0 aliphatic carbocycles. The monoisotopic (exact) mass is 280 g/mol. The van der Waals surface area contributed by atoms with Crippen molar-refractivity contribution in [3.8, 4) is 11.5 Å². The average molecular weight is 280 g/mol. The normalized spacial score (nSPS) is 12.0. The van der Waals surface area contributed by atoms with Gasteiger partial charge in [0.1, 0.15) is 20.0 Å². The van der Waals surface area contributed by atoms with E-state index in [1.165, 1.54) is 6.92 Å². The van der Waals surface area contributed by atoms with E-state index in [1.54, 1.807) is 6.08 Å². The summed E-state index contributed by atoms with van der Waals surface area (Å²) in [5, 5.41) is 0. The van der Waals surface area contributed by atoms with E-state index in [9.17, 15) is 9.59 Å². The van der Waals surface area contributed by atoms with E-state index in [2.05, 4.69) is 37.7 Å². The number of rotatable bonds is 7. The van der Waals surface area contributed by atoms with Crippen molar-refractivity contribution in [1.29, 1.82) is 0 Å². The summed E-state index contributed by atoms with van der Waals surface area (Å²) in [4.78, 5) is 22.6. The molecule has 1 unspecified atom stereocenters. The van der Waals surface area contributed by atoms with Gasteiger partial charge in [0.15, 0.2) is 0 Å². The molecule has 1 atom stereocenters. The third-order valence-electron chi connectivity index (χ3n) is 2.21. The SMILES string of the molecule is C=CCC(CC(=O)CCC#C[Si](C)(C)C)OC(C)=O. The molecule has 0 aliphatic heterocycles. The fourth-order valence-corrected chi connectivity index (χ4v) is 2.13. The summed E-state index contributed by atoms with van der Waals surface area (Å²) < 4.78 is 5.06. The second kappa shape index (κ2) is 8.71. The number of hydrogen-bond donors (Lipinski definition) is 0. The Bertz CT molecular complexity index is 382. The second-order valence-electron chi connectivity index (χ2n) is 5.55. The molecule has 0 aliphatic rings. The summed E-state index contributed by atoms with van der Waals surface area (Å²) in [5.74, 6) is 2.78. The van der Waals surface area contributed by atoms with Crippen molar-refractivity contribution in [2.75, 3.05) is 0 Å². The van der Waals surface area contributed by atoms with Gasteiger partial charge in [-0.3, -0.25) is 9.59 Å². The lowest BCUT2D eigenvalue weighted by molar-refractivity contribution is -0.147. The van der Waals surface area contributed by atoms with Crippen LogP contribution in [0.1, 0.15) is 32.6 Å². The van der Waals surface area contributed by atoms with Gasteiger partial charge in [0.2, 0.25) is 0 Å². The first-order valence-corrected chi connectivity index (χ1v) is 10.0. The van der Waals surface area contributed by atoms with Crippen LogP contribution in [-0.2, 0) is 14.3 Å². The predicted molar refractivity (Wildman–Crippen MR) is 80.3 cm³/mol. The van der Waals surface area contributed by atoms with Gasteiger partial charge >= 0.3 is 5.97 Å². The fourth-order valence-electron chi connectivity index (χ4n) is 1.48. The van der Waals surface area contributed by atoms with Crippen LogP contribution < -0.4 is 0 Å². The number of esters is 1. The first-order valence-electron chi connectivity index (χ1n) is 6.54. The van der Waals surface area contributed by atoms with Gasteiger partial charge in [-0.05, 0) is 0 Å². The Balaban J connectivity index is 4.15. The molecule has 0 aromatic carbocycles. The standard InChI is InChI=1S/C15H24O3Si/c1-6-9-15(18-13(2)16)12-14(17)10-7-8-11-19(3,4)5/h6,15H,1,7,9-10,12H2,2-5H3. The third-order valence-corrected chi connectivity index (χ3v) is 3.14. The van der Waals surface area contributed by atoms with E-state index >= 15 is 0 Å². The zero-order valence-electron chi connectivity index (χ0n) is 12.4. The molecule has 0 fully saturated rings. The zero-order chi connectivity index (χ0) is 14.9. The van der Waals surface area contributed by atoms with Crippen molar-refractivity contribution in [3.63, 3.8) is 0 Å². The first-order chi connectivity index (χ1) is 8.74. The van der Waals surface area contributed by atoms with Crippen LogP contribution in [0.4, 0.5) is 0 Å². The Morgan fingerprint density at radius 1 is 1.37 bits per heavy atom. The van der Waals surface area contributed by atoms with E-state index in [-0.39, 0.29) is 24.3 Å². The Morgan fingerprint density at radius 3 is 2.47 bits per heavy atom. The molecule has 0 aromatic heterocycles. The highest BCUT2D eigenvalue weighted by molar-refractivity contribution is 6.83. The summed E-state index contributed by atoms with van der Waals surface area (Å²) in [6.45, 7) is 11.5. The molecule has 3 nitrogen and oxygen atoms in total. The van der Waals surface area contributed by atoms with Gasteiger partial charge in [-0.1, -0.05) is 25.7 Å². The molecule has 0 spiro atoms. The van der Waals surface area contributed by atoms with Crippen LogP contribution in [0.15, 0.2) is 12.7 Å². The lowest BCUT2D eigenvalue weighted by Crippen LogP contribution is -2.19. The fraction of sp³-hybridized carbons (Fsp3) is 0.600. The van der Waals surface area contributed by atoms with Crippen molar-refractivity contribution >= 4 is 19.8 Å². The maximum atomic E-state index is 11.8. The Hall–Kier alpha value is -1.34. The van der Waals surface area contributed by atoms with E-state index in [0.29, 0.717) is 19.3 Å². The van der Waals surface area contributed by atoms with Crippen LogP contribution >= 0.6 is 0 Å². The summed E-state index contributed by atoms with van der Waals surface area (Å²) in [6, 6.07) is 0. The number of ketones is 1. The lowest BCUT2D eigenvalue weighted by atomic mass is 10.1. The quantitative estimate of drug-likeness (QED) is 0.311. The van der Waals surface area contributed by atoms with E-state index < -0.39 is 8.07 Å². The molecule has 0 bridgehead atoms. The highest BCUT2D eigenvalue weighted by Crippen LogP contribution is 2.08. The molecular formula is C15H24O3Si. The summed E-state index contributed by atoms with van der Waals surface area (Å²) in [7, 11) is -1.35. The number of ether oxygens (including phenoxy) is 1. The van der Waals surface area contributed by atoms with Gasteiger partial charge in [0, 0.05) is 32.6 Å². The maximum Gasteiger partial charge on any atom is 0.302 e. The predicted octanol–water partition coefficient (Wildman–Crippen LogP) is 3.11.